The van der Waals surface area contributed by atoms with E-state index in [0.717, 1.165) is 5.75 Å². The maximum Gasteiger partial charge on any atom is 0.0610 e. The topological polar surface area (TPSA) is 23.9 Å². The summed E-state index contributed by atoms with van der Waals surface area (Å²) in [7, 11) is 0. The Morgan fingerprint density at radius 3 is 2.50 bits per heavy atom. The van der Waals surface area contributed by atoms with Gasteiger partial charge in [-0.2, -0.15) is 0 Å². The standard InChI is InChI=1S/C4H8NS/c1-3-6-4(2)5/h5H,1,3H2,2H3. The van der Waals surface area contributed by atoms with Crippen LogP contribution in [0.4, 0.5) is 0 Å². The average molecular weight is 102 g/mol. The molecule has 0 aromatic carbocycles. The number of thioether (sulfide) groups is 1. The van der Waals surface area contributed by atoms with Crippen LogP contribution in [-0.2, 0) is 0 Å². The fourth-order valence-corrected chi connectivity index (χ4v) is 0.459. The van der Waals surface area contributed by atoms with Crippen LogP contribution in [0.3, 0.4) is 0 Å². The van der Waals surface area contributed by atoms with E-state index in [0.29, 0.717) is 5.04 Å². The fraction of sp³-hybridized carbons (Fsp3) is 0.500. The minimum atomic E-state index is 0.644. The van der Waals surface area contributed by atoms with E-state index in [9.17, 15) is 0 Å². The molecule has 6 heavy (non-hydrogen) atoms. The number of hydrogen-bond acceptors (Lipinski definition) is 2. The van der Waals surface area contributed by atoms with Crippen LogP contribution >= 0.6 is 11.8 Å². The van der Waals surface area contributed by atoms with Crippen LogP contribution < -0.4 is 0 Å². The minimum Gasteiger partial charge on any atom is -0.299 e. The van der Waals surface area contributed by atoms with E-state index in [-0.39, 0.29) is 0 Å². The SMILES string of the molecule is [CH2]CSC(C)=N. The first-order valence-corrected chi connectivity index (χ1v) is 2.73. The fourth-order valence-electron chi connectivity index (χ4n) is 0.153. The van der Waals surface area contributed by atoms with Gasteiger partial charge in [-0.3, -0.25) is 5.41 Å². The van der Waals surface area contributed by atoms with Gasteiger partial charge >= 0.3 is 0 Å². The summed E-state index contributed by atoms with van der Waals surface area (Å²) in [6, 6.07) is 0. The Balaban J connectivity index is 2.83. The first kappa shape index (κ1) is 6.02. The second kappa shape index (κ2) is 3.22. The molecule has 0 heterocycles. The highest BCUT2D eigenvalue weighted by Gasteiger charge is 1.78. The Morgan fingerprint density at radius 2 is 2.50 bits per heavy atom. The highest BCUT2D eigenvalue weighted by molar-refractivity contribution is 8.13. The molecule has 1 radical (unpaired) electrons. The number of hydrogen-bond donors (Lipinski definition) is 1. The molecule has 0 saturated heterocycles. The summed E-state index contributed by atoms with van der Waals surface area (Å²) in [6.45, 7) is 5.31. The Bertz CT molecular complexity index is 51.5. The zero-order valence-electron chi connectivity index (χ0n) is 3.82. The molecule has 1 N–H and O–H groups in total. The summed E-state index contributed by atoms with van der Waals surface area (Å²) in [4.78, 5) is 0. The van der Waals surface area contributed by atoms with Crippen molar-refractivity contribution in [3.8, 4) is 0 Å². The predicted octanol–water partition coefficient (Wildman–Crippen LogP) is 1.55. The third kappa shape index (κ3) is 4.02. The summed E-state index contributed by atoms with van der Waals surface area (Å²) < 4.78 is 0. The molecule has 0 unspecified atom stereocenters. The van der Waals surface area contributed by atoms with Gasteiger partial charge in [-0.15, -0.1) is 11.8 Å². The smallest absolute Gasteiger partial charge is 0.0610 e. The van der Waals surface area contributed by atoms with Crippen molar-refractivity contribution in [2.45, 2.75) is 6.92 Å². The van der Waals surface area contributed by atoms with E-state index in [1.54, 1.807) is 6.92 Å². The van der Waals surface area contributed by atoms with Gasteiger partial charge in [0.25, 0.3) is 0 Å². The third-order valence-electron chi connectivity index (χ3n) is 0.319. The Kier molecular flexibility index (Phi) is 3.23. The van der Waals surface area contributed by atoms with Crippen LogP contribution in [0.15, 0.2) is 0 Å². The van der Waals surface area contributed by atoms with Crippen LogP contribution in [0, 0.1) is 12.3 Å². The highest BCUT2D eigenvalue weighted by atomic mass is 32.2. The molecule has 0 rings (SSSR count). The molecule has 0 amide bonds. The summed E-state index contributed by atoms with van der Waals surface area (Å²) >= 11 is 1.46. The van der Waals surface area contributed by atoms with Crippen molar-refractivity contribution >= 4 is 16.8 Å². The largest absolute Gasteiger partial charge is 0.299 e. The van der Waals surface area contributed by atoms with E-state index in [2.05, 4.69) is 6.92 Å². The van der Waals surface area contributed by atoms with Crippen LogP contribution in [0.1, 0.15) is 6.92 Å². The van der Waals surface area contributed by atoms with Gasteiger partial charge in [-0.1, -0.05) is 0 Å². The summed E-state index contributed by atoms with van der Waals surface area (Å²) in [5, 5.41) is 7.46. The van der Waals surface area contributed by atoms with Gasteiger partial charge in [-0.05, 0) is 19.6 Å². The normalized spacial score (nSPS) is 8.33. The molecule has 35 valence electrons. The second-order valence-corrected chi connectivity index (χ2v) is 2.21. The molecule has 1 nitrogen and oxygen atoms in total. The molecular weight excluding hydrogens is 94.1 g/mol. The Morgan fingerprint density at radius 1 is 2.00 bits per heavy atom. The van der Waals surface area contributed by atoms with Crippen LogP contribution in [0.2, 0.25) is 0 Å². The zero-order valence-corrected chi connectivity index (χ0v) is 4.64. The lowest BCUT2D eigenvalue weighted by Gasteiger charge is -1.85. The van der Waals surface area contributed by atoms with Gasteiger partial charge in [0.1, 0.15) is 0 Å². The van der Waals surface area contributed by atoms with Crippen molar-refractivity contribution < 1.29 is 0 Å². The maximum atomic E-state index is 6.82. The van der Waals surface area contributed by atoms with E-state index in [1.807, 2.05) is 0 Å². The second-order valence-electron chi connectivity index (χ2n) is 0.905. The van der Waals surface area contributed by atoms with E-state index >= 15 is 0 Å². The van der Waals surface area contributed by atoms with Gasteiger partial charge in [0.2, 0.25) is 0 Å². The molecule has 0 aliphatic carbocycles. The van der Waals surface area contributed by atoms with Gasteiger partial charge in [-0.25, -0.2) is 0 Å². The zero-order chi connectivity index (χ0) is 4.99. The quantitative estimate of drug-likeness (QED) is 0.394. The van der Waals surface area contributed by atoms with E-state index < -0.39 is 0 Å². The number of rotatable bonds is 1. The van der Waals surface area contributed by atoms with Crippen molar-refractivity contribution in [2.75, 3.05) is 5.75 Å². The van der Waals surface area contributed by atoms with Gasteiger partial charge in [0.15, 0.2) is 0 Å². The Labute approximate surface area is 42.6 Å². The highest BCUT2D eigenvalue weighted by Crippen LogP contribution is 1.96. The molecule has 0 aromatic heterocycles. The average Bonchev–Trinajstić information content (AvgIpc) is 1.35. The molecule has 0 aromatic rings. The lowest BCUT2D eigenvalue weighted by molar-refractivity contribution is 1.53. The van der Waals surface area contributed by atoms with Crippen molar-refractivity contribution in [1.29, 1.82) is 5.41 Å². The summed E-state index contributed by atoms with van der Waals surface area (Å²) in [5.74, 6) is 0.773. The summed E-state index contributed by atoms with van der Waals surface area (Å²) in [5.41, 5.74) is 0. The molecule has 0 bridgehead atoms. The molecule has 0 aliphatic rings. The monoisotopic (exact) mass is 102 g/mol. The van der Waals surface area contributed by atoms with Crippen molar-refractivity contribution in [3.63, 3.8) is 0 Å². The number of nitrogens with one attached hydrogen (secondary N) is 1. The third-order valence-corrected chi connectivity index (χ3v) is 0.956. The summed E-state index contributed by atoms with van der Waals surface area (Å²) in [6.07, 6.45) is 0. The van der Waals surface area contributed by atoms with E-state index in [4.69, 9.17) is 5.41 Å². The van der Waals surface area contributed by atoms with E-state index in [1.165, 1.54) is 11.8 Å². The van der Waals surface area contributed by atoms with Crippen LogP contribution in [0.5, 0.6) is 0 Å². The molecule has 0 fully saturated rings. The molecule has 0 spiro atoms. The Hall–Kier alpha value is 0.0200. The van der Waals surface area contributed by atoms with Crippen LogP contribution in [-0.4, -0.2) is 10.8 Å². The molecular formula is C4H8NS. The first-order valence-electron chi connectivity index (χ1n) is 1.74. The van der Waals surface area contributed by atoms with Gasteiger partial charge in [0.05, 0.1) is 5.04 Å². The molecule has 0 atom stereocenters. The molecule has 2 heteroatoms. The van der Waals surface area contributed by atoms with Crippen molar-refractivity contribution in [1.82, 2.24) is 0 Å². The van der Waals surface area contributed by atoms with Gasteiger partial charge in [0, 0.05) is 0 Å². The maximum absolute atomic E-state index is 6.82. The minimum absolute atomic E-state index is 0.644. The predicted molar refractivity (Wildman–Crippen MR) is 31.2 cm³/mol. The lowest BCUT2D eigenvalue weighted by atomic mass is 10.9. The molecule has 0 saturated carbocycles. The van der Waals surface area contributed by atoms with Crippen LogP contribution in [0.25, 0.3) is 0 Å². The van der Waals surface area contributed by atoms with Gasteiger partial charge < -0.3 is 0 Å². The molecule has 0 aliphatic heterocycles. The van der Waals surface area contributed by atoms with Crippen molar-refractivity contribution in [3.05, 3.63) is 6.92 Å². The first-order chi connectivity index (χ1) is 2.77. The lowest BCUT2D eigenvalue weighted by Crippen LogP contribution is -1.77. The van der Waals surface area contributed by atoms with Crippen molar-refractivity contribution in [2.24, 2.45) is 0 Å².